The summed E-state index contributed by atoms with van der Waals surface area (Å²) in [5.74, 6) is 1.59. The second-order valence-corrected chi connectivity index (χ2v) is 6.87. The highest BCUT2D eigenvalue weighted by Gasteiger charge is 2.49. The van der Waals surface area contributed by atoms with E-state index in [1.54, 1.807) is 0 Å². The van der Waals surface area contributed by atoms with Gasteiger partial charge in [0.2, 0.25) is 0 Å². The predicted molar refractivity (Wildman–Crippen MR) is 78.8 cm³/mol. The summed E-state index contributed by atoms with van der Waals surface area (Å²) in [5.41, 5.74) is 0. The van der Waals surface area contributed by atoms with Crippen LogP contribution in [-0.2, 0) is 14.2 Å². The van der Waals surface area contributed by atoms with E-state index in [0.717, 1.165) is 31.3 Å². The van der Waals surface area contributed by atoms with Crippen LogP contribution in [0.3, 0.4) is 0 Å². The molecule has 116 valence electrons. The standard InChI is InChI=1S/C17H30O3/c1-3-4-9-19-13-6-8-15-14-7-5-12(18-2)10-16(14)20-17(15)11-13/h12-17H,3-11H2,1-2H3. The van der Waals surface area contributed by atoms with Crippen LogP contribution in [0.5, 0.6) is 0 Å². The summed E-state index contributed by atoms with van der Waals surface area (Å²) in [6, 6.07) is 0. The molecule has 3 heteroatoms. The quantitative estimate of drug-likeness (QED) is 0.722. The molecular weight excluding hydrogens is 252 g/mol. The van der Waals surface area contributed by atoms with Crippen molar-refractivity contribution in [2.24, 2.45) is 11.8 Å². The smallest absolute Gasteiger partial charge is 0.0635 e. The first-order chi connectivity index (χ1) is 9.81. The molecule has 6 atom stereocenters. The third kappa shape index (κ3) is 3.05. The molecule has 3 aliphatic rings. The van der Waals surface area contributed by atoms with Gasteiger partial charge in [-0.1, -0.05) is 13.3 Å². The highest BCUT2D eigenvalue weighted by atomic mass is 16.5. The van der Waals surface area contributed by atoms with Gasteiger partial charge in [-0.05, 0) is 43.9 Å². The van der Waals surface area contributed by atoms with Gasteiger partial charge in [-0.3, -0.25) is 0 Å². The SMILES string of the molecule is CCCCOC1CCC2C(C1)OC1CC(OC)CCC12. The number of hydrogen-bond acceptors (Lipinski definition) is 3. The van der Waals surface area contributed by atoms with Gasteiger partial charge in [0.25, 0.3) is 0 Å². The largest absolute Gasteiger partial charge is 0.381 e. The van der Waals surface area contributed by atoms with Crippen LogP contribution in [0.25, 0.3) is 0 Å². The lowest BCUT2D eigenvalue weighted by Crippen LogP contribution is -2.35. The molecule has 2 saturated carbocycles. The van der Waals surface area contributed by atoms with E-state index >= 15 is 0 Å². The van der Waals surface area contributed by atoms with E-state index in [1.165, 1.54) is 38.5 Å². The molecule has 0 aromatic rings. The Hall–Kier alpha value is -0.120. The van der Waals surface area contributed by atoms with E-state index in [1.807, 2.05) is 7.11 Å². The van der Waals surface area contributed by atoms with Crippen LogP contribution in [0.4, 0.5) is 0 Å². The predicted octanol–water partition coefficient (Wildman–Crippen LogP) is 3.55. The van der Waals surface area contributed by atoms with Gasteiger partial charge in [-0.15, -0.1) is 0 Å². The Morgan fingerprint density at radius 3 is 2.25 bits per heavy atom. The zero-order valence-electron chi connectivity index (χ0n) is 13.1. The van der Waals surface area contributed by atoms with Gasteiger partial charge < -0.3 is 14.2 Å². The summed E-state index contributed by atoms with van der Waals surface area (Å²) in [5, 5.41) is 0. The number of rotatable bonds is 5. The number of unbranched alkanes of at least 4 members (excludes halogenated alkanes) is 1. The lowest BCUT2D eigenvalue weighted by Gasteiger charge is -2.34. The molecule has 20 heavy (non-hydrogen) atoms. The van der Waals surface area contributed by atoms with Gasteiger partial charge in [-0.2, -0.15) is 0 Å². The molecular formula is C17H30O3. The van der Waals surface area contributed by atoms with Crippen LogP contribution in [0.2, 0.25) is 0 Å². The van der Waals surface area contributed by atoms with Gasteiger partial charge >= 0.3 is 0 Å². The fourth-order valence-corrected chi connectivity index (χ4v) is 4.51. The van der Waals surface area contributed by atoms with Crippen molar-refractivity contribution >= 4 is 0 Å². The number of hydrogen-bond donors (Lipinski definition) is 0. The fourth-order valence-electron chi connectivity index (χ4n) is 4.51. The Morgan fingerprint density at radius 1 is 0.950 bits per heavy atom. The highest BCUT2D eigenvalue weighted by Crippen LogP contribution is 2.48. The summed E-state index contributed by atoms with van der Waals surface area (Å²) in [4.78, 5) is 0. The molecule has 0 radical (unpaired) electrons. The summed E-state index contributed by atoms with van der Waals surface area (Å²) < 4.78 is 17.9. The Morgan fingerprint density at radius 2 is 1.60 bits per heavy atom. The zero-order valence-corrected chi connectivity index (χ0v) is 13.1. The number of fused-ring (bicyclic) bond motifs is 3. The molecule has 3 fully saturated rings. The Kier molecular flexibility index (Phi) is 5.00. The normalized spacial score (nSPS) is 44.1. The average molecular weight is 282 g/mol. The minimum Gasteiger partial charge on any atom is -0.381 e. The molecule has 3 nitrogen and oxygen atoms in total. The van der Waals surface area contributed by atoms with Crippen molar-refractivity contribution in [3.63, 3.8) is 0 Å². The van der Waals surface area contributed by atoms with Gasteiger partial charge in [0.1, 0.15) is 0 Å². The minimum absolute atomic E-state index is 0.424. The lowest BCUT2D eigenvalue weighted by molar-refractivity contribution is -0.0623. The molecule has 1 saturated heterocycles. The van der Waals surface area contributed by atoms with E-state index in [0.29, 0.717) is 24.4 Å². The Balaban J connectivity index is 1.52. The first kappa shape index (κ1) is 14.8. The maximum Gasteiger partial charge on any atom is 0.0635 e. The van der Waals surface area contributed by atoms with Crippen molar-refractivity contribution in [2.75, 3.05) is 13.7 Å². The molecule has 0 N–H and O–H groups in total. The number of ether oxygens (including phenoxy) is 3. The van der Waals surface area contributed by atoms with E-state index in [2.05, 4.69) is 6.92 Å². The molecule has 1 aliphatic heterocycles. The summed E-state index contributed by atoms with van der Waals surface area (Å²) in [7, 11) is 1.84. The van der Waals surface area contributed by atoms with Gasteiger partial charge in [0.05, 0.1) is 24.4 Å². The zero-order chi connectivity index (χ0) is 13.9. The molecule has 6 unspecified atom stereocenters. The van der Waals surface area contributed by atoms with Crippen LogP contribution < -0.4 is 0 Å². The topological polar surface area (TPSA) is 27.7 Å². The molecule has 0 amide bonds. The molecule has 0 bridgehead atoms. The Bertz CT molecular complexity index is 307. The third-order valence-electron chi connectivity index (χ3n) is 5.67. The van der Waals surface area contributed by atoms with Gasteiger partial charge in [-0.25, -0.2) is 0 Å². The summed E-state index contributed by atoms with van der Waals surface area (Å²) in [6.07, 6.45) is 11.5. The summed E-state index contributed by atoms with van der Waals surface area (Å²) in [6.45, 7) is 3.15. The second kappa shape index (κ2) is 6.76. The van der Waals surface area contributed by atoms with Crippen molar-refractivity contribution in [3.05, 3.63) is 0 Å². The van der Waals surface area contributed by atoms with Crippen LogP contribution in [-0.4, -0.2) is 38.1 Å². The van der Waals surface area contributed by atoms with Crippen molar-refractivity contribution in [2.45, 2.75) is 82.7 Å². The van der Waals surface area contributed by atoms with Gasteiger partial charge in [0, 0.05) is 26.6 Å². The van der Waals surface area contributed by atoms with Crippen LogP contribution in [0, 0.1) is 11.8 Å². The first-order valence-electron chi connectivity index (χ1n) is 8.61. The second-order valence-electron chi connectivity index (χ2n) is 6.87. The van der Waals surface area contributed by atoms with Crippen molar-refractivity contribution in [1.82, 2.24) is 0 Å². The first-order valence-corrected chi connectivity index (χ1v) is 8.61. The van der Waals surface area contributed by atoms with Crippen molar-refractivity contribution < 1.29 is 14.2 Å². The molecule has 0 aromatic heterocycles. The van der Waals surface area contributed by atoms with E-state index in [4.69, 9.17) is 14.2 Å². The highest BCUT2D eigenvalue weighted by molar-refractivity contribution is 4.97. The maximum absolute atomic E-state index is 6.38. The average Bonchev–Trinajstić information content (AvgIpc) is 2.84. The van der Waals surface area contributed by atoms with E-state index < -0.39 is 0 Å². The molecule has 2 aliphatic carbocycles. The molecule has 3 rings (SSSR count). The van der Waals surface area contributed by atoms with E-state index in [9.17, 15) is 0 Å². The number of methoxy groups -OCH3 is 1. The Labute approximate surface area is 123 Å². The third-order valence-corrected chi connectivity index (χ3v) is 5.67. The monoisotopic (exact) mass is 282 g/mol. The van der Waals surface area contributed by atoms with Gasteiger partial charge in [0.15, 0.2) is 0 Å². The summed E-state index contributed by atoms with van der Waals surface area (Å²) >= 11 is 0. The van der Waals surface area contributed by atoms with Crippen molar-refractivity contribution in [1.29, 1.82) is 0 Å². The van der Waals surface area contributed by atoms with Crippen molar-refractivity contribution in [3.8, 4) is 0 Å². The molecule has 0 spiro atoms. The van der Waals surface area contributed by atoms with E-state index in [-0.39, 0.29) is 0 Å². The minimum atomic E-state index is 0.424. The molecule has 1 heterocycles. The van der Waals surface area contributed by atoms with Crippen LogP contribution >= 0.6 is 0 Å². The molecule has 0 aromatic carbocycles. The maximum atomic E-state index is 6.38. The lowest BCUT2D eigenvalue weighted by atomic mass is 9.72. The van der Waals surface area contributed by atoms with Crippen LogP contribution in [0.15, 0.2) is 0 Å². The fraction of sp³-hybridized carbons (Fsp3) is 1.00. The van der Waals surface area contributed by atoms with Crippen LogP contribution in [0.1, 0.15) is 58.3 Å².